The van der Waals surface area contributed by atoms with Gasteiger partial charge in [-0.05, 0) is 37.3 Å². The van der Waals surface area contributed by atoms with E-state index in [0.29, 0.717) is 5.92 Å². The summed E-state index contributed by atoms with van der Waals surface area (Å²) in [7, 11) is 0. The second-order valence-corrected chi connectivity index (χ2v) is 7.74. The van der Waals surface area contributed by atoms with Gasteiger partial charge in [-0.25, -0.2) is 9.78 Å². The van der Waals surface area contributed by atoms with Gasteiger partial charge in [0, 0.05) is 12.6 Å². The number of fused-ring (bicyclic) bond motifs is 1. The van der Waals surface area contributed by atoms with Gasteiger partial charge in [0.25, 0.3) is 0 Å². The molecule has 1 aromatic carbocycles. The Kier molecular flexibility index (Phi) is 5.63. The van der Waals surface area contributed by atoms with Gasteiger partial charge in [0.05, 0.1) is 16.8 Å². The molecule has 3 amide bonds. The van der Waals surface area contributed by atoms with E-state index < -0.39 is 6.03 Å². The predicted octanol–water partition coefficient (Wildman–Crippen LogP) is 3.16. The number of para-hydroxylation sites is 2. The molecule has 1 fully saturated rings. The zero-order valence-corrected chi connectivity index (χ0v) is 15.4. The SMILES string of the molecule is CC(C)CCn1c(SCC(=O)NC(=O)NC2CC2)nc2ccccc21. The Morgan fingerprint density at radius 3 is 2.80 bits per heavy atom. The van der Waals surface area contributed by atoms with E-state index in [1.807, 2.05) is 18.2 Å². The van der Waals surface area contributed by atoms with Crippen LogP contribution in [0, 0.1) is 5.92 Å². The molecule has 134 valence electrons. The predicted molar refractivity (Wildman–Crippen MR) is 99.6 cm³/mol. The van der Waals surface area contributed by atoms with Crippen molar-refractivity contribution in [1.82, 2.24) is 20.2 Å². The Bertz CT molecular complexity index is 768. The second kappa shape index (κ2) is 7.91. The second-order valence-electron chi connectivity index (χ2n) is 6.80. The van der Waals surface area contributed by atoms with Crippen molar-refractivity contribution in [2.24, 2.45) is 5.92 Å². The molecule has 0 unspecified atom stereocenters. The molecule has 0 aliphatic heterocycles. The summed E-state index contributed by atoms with van der Waals surface area (Å²) in [5, 5.41) is 5.94. The fourth-order valence-electron chi connectivity index (χ4n) is 2.51. The standard InChI is InChI=1S/C18H24N4O2S/c1-12(2)9-10-22-15-6-4-3-5-14(15)20-18(22)25-11-16(23)21-17(24)19-13-7-8-13/h3-6,12-13H,7-11H2,1-2H3,(H2,19,21,23,24). The molecule has 1 aliphatic rings. The molecule has 6 nitrogen and oxygen atoms in total. The Morgan fingerprint density at radius 2 is 2.08 bits per heavy atom. The molecule has 2 N–H and O–H groups in total. The third-order valence-electron chi connectivity index (χ3n) is 4.05. The molecule has 25 heavy (non-hydrogen) atoms. The van der Waals surface area contributed by atoms with Crippen molar-refractivity contribution < 1.29 is 9.59 Å². The van der Waals surface area contributed by atoms with Gasteiger partial charge in [0.1, 0.15) is 0 Å². The quantitative estimate of drug-likeness (QED) is 0.744. The highest BCUT2D eigenvalue weighted by Crippen LogP contribution is 2.25. The van der Waals surface area contributed by atoms with Gasteiger partial charge in [-0.2, -0.15) is 0 Å². The number of imidazole rings is 1. The first-order valence-corrected chi connectivity index (χ1v) is 9.70. The number of carbonyl (C=O) groups excluding carboxylic acids is 2. The van der Waals surface area contributed by atoms with Crippen molar-refractivity contribution >= 4 is 34.7 Å². The first-order valence-electron chi connectivity index (χ1n) is 8.71. The number of benzene rings is 1. The number of rotatable bonds is 7. The summed E-state index contributed by atoms with van der Waals surface area (Å²) in [4.78, 5) is 28.3. The Balaban J connectivity index is 1.64. The van der Waals surface area contributed by atoms with Gasteiger partial charge in [0.2, 0.25) is 5.91 Å². The first kappa shape index (κ1) is 17.8. The molecule has 1 aromatic heterocycles. The lowest BCUT2D eigenvalue weighted by Gasteiger charge is -2.10. The number of amides is 3. The lowest BCUT2D eigenvalue weighted by Crippen LogP contribution is -2.41. The summed E-state index contributed by atoms with van der Waals surface area (Å²) >= 11 is 1.37. The van der Waals surface area contributed by atoms with Crippen molar-refractivity contribution in [3.8, 4) is 0 Å². The molecule has 1 heterocycles. The minimum absolute atomic E-state index is 0.170. The Morgan fingerprint density at radius 1 is 1.32 bits per heavy atom. The lowest BCUT2D eigenvalue weighted by atomic mass is 10.1. The summed E-state index contributed by atoms with van der Waals surface area (Å²) < 4.78 is 2.16. The van der Waals surface area contributed by atoms with E-state index >= 15 is 0 Å². The van der Waals surface area contributed by atoms with Crippen molar-refractivity contribution in [2.75, 3.05) is 5.75 Å². The number of imide groups is 1. The highest BCUT2D eigenvalue weighted by molar-refractivity contribution is 7.99. The van der Waals surface area contributed by atoms with Crippen LogP contribution in [0.3, 0.4) is 0 Å². The molecular weight excluding hydrogens is 336 g/mol. The molecule has 7 heteroatoms. The minimum atomic E-state index is -0.401. The summed E-state index contributed by atoms with van der Waals surface area (Å²) in [6.07, 6.45) is 3.04. The van der Waals surface area contributed by atoms with Crippen LogP contribution in [-0.2, 0) is 11.3 Å². The molecule has 0 spiro atoms. The highest BCUT2D eigenvalue weighted by Gasteiger charge is 2.24. The third-order valence-corrected chi connectivity index (χ3v) is 5.02. The number of aryl methyl sites for hydroxylation is 1. The van der Waals surface area contributed by atoms with Crippen LogP contribution in [0.5, 0.6) is 0 Å². The molecule has 0 atom stereocenters. The molecule has 3 rings (SSSR count). The summed E-state index contributed by atoms with van der Waals surface area (Å²) in [5.41, 5.74) is 2.01. The van der Waals surface area contributed by atoms with E-state index in [1.54, 1.807) is 0 Å². The maximum absolute atomic E-state index is 12.0. The van der Waals surface area contributed by atoms with Gasteiger partial charge in [0.15, 0.2) is 5.16 Å². The third kappa shape index (κ3) is 4.98. The smallest absolute Gasteiger partial charge is 0.321 e. The molecule has 1 saturated carbocycles. The van der Waals surface area contributed by atoms with E-state index in [0.717, 1.165) is 42.0 Å². The number of carbonyl (C=O) groups is 2. The van der Waals surface area contributed by atoms with Gasteiger partial charge < -0.3 is 9.88 Å². The number of thioether (sulfide) groups is 1. The van der Waals surface area contributed by atoms with Crippen molar-refractivity contribution in [1.29, 1.82) is 0 Å². The minimum Gasteiger partial charge on any atom is -0.335 e. The van der Waals surface area contributed by atoms with Crippen LogP contribution in [-0.4, -0.2) is 33.3 Å². The van der Waals surface area contributed by atoms with Crippen molar-refractivity contribution in [3.05, 3.63) is 24.3 Å². The van der Waals surface area contributed by atoms with Crippen molar-refractivity contribution in [2.45, 2.75) is 50.9 Å². The molecule has 0 bridgehead atoms. The van der Waals surface area contributed by atoms with Gasteiger partial charge in [-0.3, -0.25) is 10.1 Å². The number of hydrogen-bond donors (Lipinski definition) is 2. The zero-order chi connectivity index (χ0) is 17.8. The topological polar surface area (TPSA) is 76.0 Å². The fourth-order valence-corrected chi connectivity index (χ4v) is 3.35. The van der Waals surface area contributed by atoms with Crippen molar-refractivity contribution in [3.63, 3.8) is 0 Å². The summed E-state index contributed by atoms with van der Waals surface area (Å²) in [6.45, 7) is 5.25. The van der Waals surface area contributed by atoms with Gasteiger partial charge in [-0.1, -0.05) is 37.7 Å². The van der Waals surface area contributed by atoms with E-state index in [2.05, 4.69) is 40.1 Å². The van der Waals surface area contributed by atoms with Gasteiger partial charge in [-0.15, -0.1) is 0 Å². The lowest BCUT2D eigenvalue weighted by molar-refractivity contribution is -0.117. The zero-order valence-electron chi connectivity index (χ0n) is 14.6. The molecule has 2 aromatic rings. The van der Waals surface area contributed by atoms with E-state index in [1.165, 1.54) is 11.8 Å². The summed E-state index contributed by atoms with van der Waals surface area (Å²) in [5.74, 6) is 0.461. The average molecular weight is 360 g/mol. The van der Waals surface area contributed by atoms with Crippen LogP contribution in [0.2, 0.25) is 0 Å². The number of nitrogens with one attached hydrogen (secondary N) is 2. The van der Waals surface area contributed by atoms with Crippen LogP contribution in [0.1, 0.15) is 33.1 Å². The normalized spacial score (nSPS) is 14.0. The van der Waals surface area contributed by atoms with E-state index in [9.17, 15) is 9.59 Å². The van der Waals surface area contributed by atoms with E-state index in [4.69, 9.17) is 0 Å². The number of urea groups is 1. The largest absolute Gasteiger partial charge is 0.335 e. The van der Waals surface area contributed by atoms with Crippen LogP contribution in [0.25, 0.3) is 11.0 Å². The van der Waals surface area contributed by atoms with Gasteiger partial charge >= 0.3 is 6.03 Å². The molecule has 1 aliphatic carbocycles. The first-order chi connectivity index (χ1) is 12.0. The van der Waals surface area contributed by atoms with Crippen LogP contribution < -0.4 is 10.6 Å². The van der Waals surface area contributed by atoms with Crippen LogP contribution >= 0.6 is 11.8 Å². The van der Waals surface area contributed by atoms with Crippen LogP contribution in [0.4, 0.5) is 4.79 Å². The maximum Gasteiger partial charge on any atom is 0.321 e. The number of hydrogen-bond acceptors (Lipinski definition) is 4. The number of aromatic nitrogens is 2. The average Bonchev–Trinajstić information content (AvgIpc) is 3.29. The fraction of sp³-hybridized carbons (Fsp3) is 0.500. The summed E-state index contributed by atoms with van der Waals surface area (Å²) in [6, 6.07) is 7.83. The molecular formula is C18H24N4O2S. The molecule has 0 radical (unpaired) electrons. The van der Waals surface area contributed by atoms with Crippen LogP contribution in [0.15, 0.2) is 29.4 Å². The monoisotopic (exact) mass is 360 g/mol. The highest BCUT2D eigenvalue weighted by atomic mass is 32.2. The number of nitrogens with zero attached hydrogens (tertiary/aromatic N) is 2. The Hall–Kier alpha value is -2.02. The Labute approximate surface area is 151 Å². The maximum atomic E-state index is 12.0. The van der Waals surface area contributed by atoms with E-state index in [-0.39, 0.29) is 17.7 Å². The molecule has 0 saturated heterocycles.